The van der Waals surface area contributed by atoms with E-state index < -0.39 is 0 Å². The van der Waals surface area contributed by atoms with E-state index in [0.717, 1.165) is 12.8 Å². The SMILES string of the molecule is COc1cc(C)nc(OC)c1C#N.C[O-].Cc1cc(Cl)c(C#N)c(Cl)n1.[Na+]. The summed E-state index contributed by atoms with van der Waals surface area (Å²) in [5.41, 5.74) is 2.03. The standard InChI is InChI=1S/C9H10N2O2.C7H4Cl2N2.CH3O.Na/c1-6-4-8(12-2)7(5-10)9(11-6)13-3;1-4-2-6(8)5(3-10)7(9)11-4;1-2;/h4H,1-3H3;2H,1H3;1H3;/q;;-1;+1. The van der Waals surface area contributed by atoms with Crippen molar-refractivity contribution in [3.05, 3.63) is 44.8 Å². The summed E-state index contributed by atoms with van der Waals surface area (Å²) in [6, 6.07) is 7.14. The van der Waals surface area contributed by atoms with E-state index in [4.69, 9.17) is 48.3 Å². The number of hydrogen-bond acceptors (Lipinski definition) is 7. The fourth-order valence-corrected chi connectivity index (χ4v) is 2.34. The molecule has 10 heteroatoms. The zero-order valence-corrected chi connectivity index (χ0v) is 19.4. The van der Waals surface area contributed by atoms with Gasteiger partial charge in [-0.2, -0.15) is 17.6 Å². The van der Waals surface area contributed by atoms with Crippen molar-refractivity contribution < 1.29 is 44.1 Å². The normalized spacial score (nSPS) is 8.37. The molecule has 2 heterocycles. The van der Waals surface area contributed by atoms with Crippen molar-refractivity contribution in [1.82, 2.24) is 9.97 Å². The molecule has 0 spiro atoms. The molecule has 2 rings (SSSR count). The summed E-state index contributed by atoms with van der Waals surface area (Å²) in [7, 11) is 3.73. The number of hydrogen-bond donors (Lipinski definition) is 0. The van der Waals surface area contributed by atoms with Gasteiger partial charge in [0.1, 0.15) is 28.6 Å². The van der Waals surface area contributed by atoms with Gasteiger partial charge in [-0.25, -0.2) is 9.97 Å². The third-order valence-corrected chi connectivity index (χ3v) is 3.34. The smallest absolute Gasteiger partial charge is 0.857 e. The third kappa shape index (κ3) is 8.32. The third-order valence-electron chi connectivity index (χ3n) is 2.77. The molecule has 0 N–H and O–H groups in total. The van der Waals surface area contributed by atoms with Crippen molar-refractivity contribution in [2.45, 2.75) is 13.8 Å². The first-order valence-electron chi connectivity index (χ1n) is 7.01. The van der Waals surface area contributed by atoms with Gasteiger partial charge in [0.15, 0.2) is 5.56 Å². The predicted molar refractivity (Wildman–Crippen MR) is 96.4 cm³/mol. The zero-order valence-electron chi connectivity index (χ0n) is 15.9. The van der Waals surface area contributed by atoms with Crippen molar-refractivity contribution in [2.24, 2.45) is 0 Å². The molecule has 0 atom stereocenters. The number of aromatic nitrogens is 2. The maximum absolute atomic E-state index is 8.80. The molecule has 2 aromatic heterocycles. The van der Waals surface area contributed by atoms with E-state index in [2.05, 4.69) is 9.97 Å². The van der Waals surface area contributed by atoms with Crippen LogP contribution >= 0.6 is 23.2 Å². The number of methoxy groups -OCH3 is 2. The van der Waals surface area contributed by atoms with E-state index in [-0.39, 0.29) is 40.3 Å². The Balaban J connectivity index is 0. The van der Waals surface area contributed by atoms with Crippen LogP contribution in [0.2, 0.25) is 10.2 Å². The summed E-state index contributed by atoms with van der Waals surface area (Å²) in [4.78, 5) is 7.91. The largest absolute Gasteiger partial charge is 1.00 e. The Labute approximate surface area is 190 Å². The molecule has 0 aliphatic heterocycles. The number of halogens is 2. The van der Waals surface area contributed by atoms with Crippen LogP contribution in [0.25, 0.3) is 0 Å². The van der Waals surface area contributed by atoms with Crippen LogP contribution in [0.3, 0.4) is 0 Å². The number of nitrogens with zero attached hydrogens (tertiary/aromatic N) is 4. The molecule has 0 bridgehead atoms. The van der Waals surface area contributed by atoms with E-state index >= 15 is 0 Å². The maximum atomic E-state index is 8.80. The van der Waals surface area contributed by atoms with Crippen LogP contribution < -0.4 is 44.1 Å². The van der Waals surface area contributed by atoms with E-state index in [0.29, 0.717) is 27.9 Å². The van der Waals surface area contributed by atoms with Gasteiger partial charge in [0, 0.05) is 17.5 Å². The van der Waals surface area contributed by atoms with E-state index in [9.17, 15) is 0 Å². The molecule has 0 saturated heterocycles. The molecule has 138 valence electrons. The molecular weight excluding hydrogens is 402 g/mol. The second-order valence-electron chi connectivity index (χ2n) is 4.49. The summed E-state index contributed by atoms with van der Waals surface area (Å²) < 4.78 is 9.96. The topological polar surface area (TPSA) is 115 Å². The fourth-order valence-electron chi connectivity index (χ4n) is 1.72. The number of ether oxygens (including phenoxy) is 2. The summed E-state index contributed by atoms with van der Waals surface area (Å²) in [5.74, 6) is 0.797. The van der Waals surface area contributed by atoms with Gasteiger partial charge in [-0.1, -0.05) is 23.2 Å². The Bertz CT molecular complexity index is 788. The summed E-state index contributed by atoms with van der Waals surface area (Å²) in [6.45, 7) is 3.57. The van der Waals surface area contributed by atoms with Gasteiger partial charge in [-0.05, 0) is 19.9 Å². The van der Waals surface area contributed by atoms with E-state index in [1.165, 1.54) is 14.2 Å². The molecular formula is C17H17Cl2N4NaO3. The van der Waals surface area contributed by atoms with Crippen molar-refractivity contribution in [2.75, 3.05) is 21.3 Å². The minimum atomic E-state index is 0. The predicted octanol–water partition coefficient (Wildman–Crippen LogP) is -0.172. The Morgan fingerprint density at radius 2 is 1.44 bits per heavy atom. The molecule has 0 aliphatic carbocycles. The first-order valence-corrected chi connectivity index (χ1v) is 7.76. The quantitative estimate of drug-likeness (QED) is 0.490. The van der Waals surface area contributed by atoms with Crippen LogP contribution in [0.1, 0.15) is 22.5 Å². The first-order chi connectivity index (χ1) is 12.4. The zero-order chi connectivity index (χ0) is 20.3. The van der Waals surface area contributed by atoms with Crippen LogP contribution in [0.4, 0.5) is 0 Å². The molecule has 0 fully saturated rings. The van der Waals surface area contributed by atoms with Gasteiger partial charge in [0.2, 0.25) is 5.88 Å². The fraction of sp³-hybridized carbons (Fsp3) is 0.294. The molecule has 2 aromatic rings. The molecule has 0 aromatic carbocycles. The van der Waals surface area contributed by atoms with Crippen LogP contribution in [-0.2, 0) is 0 Å². The minimum Gasteiger partial charge on any atom is -0.857 e. The number of aryl methyl sites for hydroxylation is 2. The average Bonchev–Trinajstić information content (AvgIpc) is 2.62. The first kappa shape index (κ1) is 27.6. The number of nitriles is 2. The van der Waals surface area contributed by atoms with Gasteiger partial charge < -0.3 is 14.6 Å². The molecule has 7 nitrogen and oxygen atoms in total. The molecule has 0 radical (unpaired) electrons. The van der Waals surface area contributed by atoms with Crippen molar-refractivity contribution in [1.29, 1.82) is 10.5 Å². The Morgan fingerprint density at radius 1 is 0.926 bits per heavy atom. The Morgan fingerprint density at radius 3 is 1.85 bits per heavy atom. The minimum absolute atomic E-state index is 0. The molecule has 0 saturated carbocycles. The van der Waals surface area contributed by atoms with Crippen molar-refractivity contribution in [3.8, 4) is 23.8 Å². The van der Waals surface area contributed by atoms with Gasteiger partial charge in [-0.3, -0.25) is 0 Å². The Hall–Kier alpha value is -1.58. The van der Waals surface area contributed by atoms with Crippen LogP contribution in [-0.4, -0.2) is 31.3 Å². The summed E-state index contributed by atoms with van der Waals surface area (Å²) in [6.07, 6.45) is 0. The molecule has 27 heavy (non-hydrogen) atoms. The average molecular weight is 419 g/mol. The molecule has 0 aliphatic rings. The van der Waals surface area contributed by atoms with E-state index in [1.807, 2.05) is 19.1 Å². The monoisotopic (exact) mass is 418 g/mol. The number of pyridine rings is 2. The van der Waals surface area contributed by atoms with Gasteiger partial charge >= 0.3 is 29.6 Å². The van der Waals surface area contributed by atoms with Crippen molar-refractivity contribution in [3.63, 3.8) is 0 Å². The van der Waals surface area contributed by atoms with Crippen LogP contribution in [0.5, 0.6) is 11.6 Å². The van der Waals surface area contributed by atoms with Gasteiger partial charge in [0.25, 0.3) is 0 Å². The Kier molecular flexibility index (Phi) is 14.8. The van der Waals surface area contributed by atoms with Gasteiger partial charge in [0.05, 0.1) is 19.2 Å². The molecule has 0 amide bonds. The van der Waals surface area contributed by atoms with Crippen LogP contribution in [0.15, 0.2) is 12.1 Å². The maximum Gasteiger partial charge on any atom is 1.00 e. The second-order valence-corrected chi connectivity index (χ2v) is 5.25. The van der Waals surface area contributed by atoms with Crippen molar-refractivity contribution >= 4 is 23.2 Å². The summed E-state index contributed by atoms with van der Waals surface area (Å²) >= 11 is 11.3. The summed E-state index contributed by atoms with van der Waals surface area (Å²) in [5, 5.41) is 26.1. The number of rotatable bonds is 2. The van der Waals surface area contributed by atoms with Gasteiger partial charge in [-0.15, -0.1) is 0 Å². The van der Waals surface area contributed by atoms with Crippen LogP contribution in [0, 0.1) is 36.5 Å². The van der Waals surface area contributed by atoms with E-state index in [1.54, 1.807) is 19.1 Å². The molecule has 0 unspecified atom stereocenters. The second kappa shape index (κ2) is 14.5.